The number of thiocarbonyl (C=S) groups is 1. The van der Waals surface area contributed by atoms with E-state index in [1.807, 2.05) is 52.0 Å². The summed E-state index contributed by atoms with van der Waals surface area (Å²) in [5, 5.41) is 14.6. The van der Waals surface area contributed by atoms with E-state index >= 15 is 4.39 Å². The number of hydrogen-bond acceptors (Lipinski definition) is 11. The predicted molar refractivity (Wildman–Crippen MR) is 234 cm³/mol. The number of benzene rings is 2. The molecule has 6 rings (SSSR count). The van der Waals surface area contributed by atoms with Gasteiger partial charge < -0.3 is 29.9 Å². The van der Waals surface area contributed by atoms with Crippen molar-refractivity contribution in [2.75, 3.05) is 36.2 Å². The van der Waals surface area contributed by atoms with Gasteiger partial charge in [-0.25, -0.2) is 14.4 Å². The van der Waals surface area contributed by atoms with Crippen molar-refractivity contribution in [3.63, 3.8) is 0 Å². The molecule has 0 saturated carbocycles. The molecule has 4 heterocycles. The highest BCUT2D eigenvalue weighted by Gasteiger charge is 2.52. The molecule has 0 aliphatic carbocycles. The van der Waals surface area contributed by atoms with Crippen LogP contribution in [0.3, 0.4) is 0 Å². The third-order valence-corrected chi connectivity index (χ3v) is 12.2. The van der Waals surface area contributed by atoms with Gasteiger partial charge in [-0.3, -0.25) is 24.1 Å². The molecule has 2 fully saturated rings. The molecule has 2 aromatic carbocycles. The average Bonchev–Trinajstić information content (AvgIpc) is 3.95. The number of aryl methyl sites for hydroxylation is 1. The van der Waals surface area contributed by atoms with Crippen LogP contribution in [0.25, 0.3) is 10.4 Å². The Balaban J connectivity index is 0.987. The highest BCUT2D eigenvalue weighted by Crippen LogP contribution is 2.42. The third kappa shape index (κ3) is 10.0. The highest BCUT2D eigenvalue weighted by molar-refractivity contribution is 7.81. The van der Waals surface area contributed by atoms with E-state index in [1.54, 1.807) is 16.8 Å². The minimum atomic E-state index is -5.21. The Morgan fingerprint density at radius 3 is 2.39 bits per heavy atom. The van der Waals surface area contributed by atoms with Crippen molar-refractivity contribution in [2.45, 2.75) is 84.7 Å². The number of ether oxygens (including phenoxy) is 2. The quantitative estimate of drug-likeness (QED) is 0.0785. The molecule has 14 nitrogen and oxygen atoms in total. The van der Waals surface area contributed by atoms with Crippen molar-refractivity contribution >= 4 is 63.7 Å². The summed E-state index contributed by atoms with van der Waals surface area (Å²) in [6.45, 7) is 10.5. The van der Waals surface area contributed by atoms with Gasteiger partial charge in [0.15, 0.2) is 10.9 Å². The van der Waals surface area contributed by atoms with E-state index in [0.29, 0.717) is 30.8 Å². The number of alkyl halides is 3. The van der Waals surface area contributed by atoms with Crippen molar-refractivity contribution in [1.82, 2.24) is 25.5 Å². The minimum absolute atomic E-state index is 0.0405. The Morgan fingerprint density at radius 2 is 1.78 bits per heavy atom. The van der Waals surface area contributed by atoms with Gasteiger partial charge in [0.2, 0.25) is 23.6 Å². The number of nitriles is 1. The monoisotopic (exact) mass is 922 g/mol. The molecule has 0 spiro atoms. The average molecular weight is 923 g/mol. The number of thiazole rings is 1. The summed E-state index contributed by atoms with van der Waals surface area (Å²) in [5.74, 6) is -3.68. The molecular weight excluding hydrogens is 877 g/mol. The van der Waals surface area contributed by atoms with Crippen molar-refractivity contribution in [1.29, 1.82) is 5.26 Å². The SMILES string of the molecule is Cc1ncsc1-c1ccc(CNC(=O)C2CCCN2C(=O)C(NC(=O)COCCOc2ccc(N3C(=S)N(c4ccc(C#N)c(C(F)(F)F)c4F)C(=O)C3(C)C)cn2)C(C)(C)C)cc1. The van der Waals surface area contributed by atoms with Gasteiger partial charge >= 0.3 is 6.18 Å². The smallest absolute Gasteiger partial charge is 0.420 e. The fraction of sp³-hybridized carbons (Fsp3) is 0.409. The Morgan fingerprint density at radius 1 is 1.06 bits per heavy atom. The van der Waals surface area contributed by atoms with Crippen LogP contribution < -0.4 is 25.2 Å². The number of aromatic nitrogens is 2. The van der Waals surface area contributed by atoms with Crippen LogP contribution in [0, 0.1) is 29.5 Å². The molecule has 4 amide bonds. The van der Waals surface area contributed by atoms with Crippen molar-refractivity contribution in [3.05, 3.63) is 88.4 Å². The van der Waals surface area contributed by atoms with E-state index in [4.69, 9.17) is 27.0 Å². The number of hydrogen-bond donors (Lipinski definition) is 2. The maximum absolute atomic E-state index is 15.4. The van der Waals surface area contributed by atoms with Crippen molar-refractivity contribution in [3.8, 4) is 22.4 Å². The van der Waals surface area contributed by atoms with Crippen LogP contribution in [-0.2, 0) is 36.6 Å². The van der Waals surface area contributed by atoms with E-state index in [1.165, 1.54) is 48.0 Å². The molecule has 20 heteroatoms. The lowest BCUT2D eigenvalue weighted by atomic mass is 9.85. The molecule has 4 aromatic rings. The van der Waals surface area contributed by atoms with Crippen LogP contribution in [0.4, 0.5) is 28.9 Å². The van der Waals surface area contributed by atoms with E-state index in [-0.39, 0.29) is 41.7 Å². The molecule has 2 N–H and O–H groups in total. The third-order valence-electron chi connectivity index (χ3n) is 10.8. The molecule has 338 valence electrons. The summed E-state index contributed by atoms with van der Waals surface area (Å²) in [6.07, 6.45) is -2.77. The number of carbonyl (C=O) groups excluding carboxylic acids is 4. The van der Waals surface area contributed by atoms with E-state index in [2.05, 4.69) is 20.6 Å². The van der Waals surface area contributed by atoms with Crippen molar-refractivity contribution < 1.29 is 46.2 Å². The van der Waals surface area contributed by atoms with E-state index in [9.17, 15) is 32.3 Å². The molecule has 0 bridgehead atoms. The van der Waals surface area contributed by atoms with Gasteiger partial charge in [-0.2, -0.15) is 18.4 Å². The number of nitrogens with one attached hydrogen (secondary N) is 2. The second-order valence-electron chi connectivity index (χ2n) is 16.7. The van der Waals surface area contributed by atoms with Crippen LogP contribution >= 0.6 is 23.6 Å². The van der Waals surface area contributed by atoms with Crippen molar-refractivity contribution in [2.24, 2.45) is 5.41 Å². The number of amides is 4. The standard InChI is InChI=1S/C44H46F4N8O6S2/c1-25-36(64-24-52-25)27-11-9-26(10-12-27)21-51-38(58)31-8-7-17-54(31)39(59)37(42(2,3)4)53-32(57)23-61-18-19-62-33-16-14-29(22-50-33)56-41(63)55(40(60)43(56,5)6)30-15-13-28(20-49)34(35(30)45)44(46,47)48/h9-16,22,24,31,37H,7-8,17-19,21,23H2,1-6H3,(H,51,58)(H,53,57). The summed E-state index contributed by atoms with van der Waals surface area (Å²) in [7, 11) is 0. The molecule has 2 aliphatic rings. The number of halogens is 4. The normalized spacial score (nSPS) is 16.8. The summed E-state index contributed by atoms with van der Waals surface area (Å²) in [4.78, 5) is 67.0. The van der Waals surface area contributed by atoms with Gasteiger partial charge in [0.1, 0.15) is 36.4 Å². The van der Waals surface area contributed by atoms with Gasteiger partial charge in [0, 0.05) is 19.2 Å². The second kappa shape index (κ2) is 19.0. The summed E-state index contributed by atoms with van der Waals surface area (Å²) in [6, 6.07) is 12.2. The van der Waals surface area contributed by atoms with Gasteiger partial charge in [0.25, 0.3) is 5.91 Å². The predicted octanol–water partition coefficient (Wildman–Crippen LogP) is 6.69. The zero-order valence-corrected chi connectivity index (χ0v) is 37.5. The highest BCUT2D eigenvalue weighted by atomic mass is 32.1. The molecule has 2 atom stereocenters. The maximum atomic E-state index is 15.4. The first-order chi connectivity index (χ1) is 30.1. The van der Waals surface area contributed by atoms with Crippen LogP contribution in [-0.4, -0.2) is 87.6 Å². The summed E-state index contributed by atoms with van der Waals surface area (Å²) in [5.41, 5.74) is -0.713. The number of nitrogens with zero attached hydrogens (tertiary/aromatic N) is 6. The lowest BCUT2D eigenvalue weighted by Crippen LogP contribution is -2.58. The zero-order chi connectivity index (χ0) is 46.7. The molecule has 2 aliphatic heterocycles. The Kier molecular flexibility index (Phi) is 14.1. The molecule has 64 heavy (non-hydrogen) atoms. The topological polar surface area (TPSA) is 170 Å². The lowest BCUT2D eigenvalue weighted by molar-refractivity contribution is -0.144. The summed E-state index contributed by atoms with van der Waals surface area (Å²) < 4.78 is 67.7. The second-order valence-corrected chi connectivity index (χ2v) is 18.0. The fourth-order valence-corrected chi connectivity index (χ4v) is 8.82. The Bertz CT molecular complexity index is 2470. The lowest BCUT2D eigenvalue weighted by Gasteiger charge is -2.35. The number of likely N-dealkylation sites (tertiary alicyclic amines) is 1. The zero-order valence-electron chi connectivity index (χ0n) is 35.8. The largest absolute Gasteiger partial charge is 0.475 e. The number of carbonyl (C=O) groups is 4. The van der Waals surface area contributed by atoms with Gasteiger partial charge in [-0.05, 0) is 80.6 Å². The molecule has 0 radical (unpaired) electrons. The minimum Gasteiger partial charge on any atom is -0.475 e. The Labute approximate surface area is 376 Å². The molecule has 2 unspecified atom stereocenters. The summed E-state index contributed by atoms with van der Waals surface area (Å²) >= 11 is 7.04. The first-order valence-corrected chi connectivity index (χ1v) is 21.5. The number of pyridine rings is 1. The van der Waals surface area contributed by atoms with Crippen LogP contribution in [0.5, 0.6) is 5.88 Å². The van der Waals surface area contributed by atoms with Gasteiger partial charge in [-0.1, -0.05) is 45.0 Å². The number of anilines is 2. The van der Waals surface area contributed by atoms with E-state index in [0.717, 1.165) is 33.8 Å². The van der Waals surface area contributed by atoms with Crippen LogP contribution in [0.15, 0.2) is 60.2 Å². The fourth-order valence-electron chi connectivity index (χ4n) is 7.49. The van der Waals surface area contributed by atoms with Gasteiger partial charge in [0.05, 0.1) is 51.9 Å². The van der Waals surface area contributed by atoms with Crippen LogP contribution in [0.2, 0.25) is 0 Å². The van der Waals surface area contributed by atoms with Gasteiger partial charge in [-0.15, -0.1) is 11.3 Å². The Hall–Kier alpha value is -6.04. The first kappa shape index (κ1) is 47.4. The molecule has 2 saturated heterocycles. The van der Waals surface area contributed by atoms with E-state index < -0.39 is 70.3 Å². The molecule has 2 aromatic heterocycles. The number of rotatable bonds is 14. The molecular formula is C44H46F4N8O6S2. The first-order valence-electron chi connectivity index (χ1n) is 20.2. The van der Waals surface area contributed by atoms with Crippen LogP contribution in [0.1, 0.15) is 69.8 Å². The maximum Gasteiger partial charge on any atom is 0.420 e.